The summed E-state index contributed by atoms with van der Waals surface area (Å²) in [5.74, 6) is 0.481. The third-order valence-corrected chi connectivity index (χ3v) is 5.15. The summed E-state index contributed by atoms with van der Waals surface area (Å²) in [5.41, 5.74) is 2.05. The molecular formula is C25H32O6. The molecule has 2 aromatic rings. The molecule has 0 aliphatic carbocycles. The van der Waals surface area contributed by atoms with Crippen LogP contribution in [-0.4, -0.2) is 35.7 Å². The van der Waals surface area contributed by atoms with Crippen LogP contribution < -0.4 is 9.47 Å². The number of ketones is 1. The molecule has 0 bridgehead atoms. The molecule has 2 aromatic carbocycles. The Labute approximate surface area is 183 Å². The van der Waals surface area contributed by atoms with E-state index in [2.05, 4.69) is 0 Å². The second-order valence-electron chi connectivity index (χ2n) is 8.10. The minimum absolute atomic E-state index is 0.00597. The highest BCUT2D eigenvalue weighted by atomic mass is 16.5. The lowest BCUT2D eigenvalue weighted by Crippen LogP contribution is -2.06. The van der Waals surface area contributed by atoms with Gasteiger partial charge in [0.05, 0.1) is 24.8 Å². The number of carboxylic acids is 1. The van der Waals surface area contributed by atoms with Crippen molar-refractivity contribution in [2.75, 3.05) is 13.7 Å². The predicted octanol–water partition coefficient (Wildman–Crippen LogP) is 5.43. The molecule has 6 nitrogen and oxygen atoms in total. The van der Waals surface area contributed by atoms with E-state index in [0.717, 1.165) is 31.2 Å². The van der Waals surface area contributed by atoms with Gasteiger partial charge in [-0.1, -0.05) is 13.8 Å². The van der Waals surface area contributed by atoms with Crippen molar-refractivity contribution >= 4 is 11.8 Å². The van der Waals surface area contributed by atoms with Crippen LogP contribution >= 0.6 is 0 Å². The van der Waals surface area contributed by atoms with Crippen molar-refractivity contribution in [2.24, 2.45) is 5.92 Å². The molecule has 0 fully saturated rings. The maximum atomic E-state index is 12.3. The number of ether oxygens (including phenoxy) is 2. The number of carbonyl (C=O) groups is 2. The van der Waals surface area contributed by atoms with E-state index in [1.54, 1.807) is 38.3 Å². The van der Waals surface area contributed by atoms with Crippen molar-refractivity contribution in [1.29, 1.82) is 0 Å². The minimum Gasteiger partial charge on any atom is -0.507 e. The highest BCUT2D eigenvalue weighted by Gasteiger charge is 2.17. The normalized spacial score (nSPS) is 10.9. The van der Waals surface area contributed by atoms with Gasteiger partial charge in [0.25, 0.3) is 0 Å². The highest BCUT2D eigenvalue weighted by molar-refractivity contribution is 5.99. The molecule has 0 spiro atoms. The lowest BCUT2D eigenvalue weighted by Gasteiger charge is -2.13. The smallest absolute Gasteiger partial charge is 0.335 e. The van der Waals surface area contributed by atoms with E-state index in [1.807, 2.05) is 13.8 Å². The summed E-state index contributed by atoms with van der Waals surface area (Å²) in [6.45, 7) is 6.18. The van der Waals surface area contributed by atoms with Crippen molar-refractivity contribution in [2.45, 2.75) is 52.9 Å². The molecule has 0 amide bonds. The summed E-state index contributed by atoms with van der Waals surface area (Å²) in [4.78, 5) is 23.4. The van der Waals surface area contributed by atoms with E-state index in [1.165, 1.54) is 6.07 Å². The number of phenolic OH excluding ortho intramolecular Hbond substituents is 1. The van der Waals surface area contributed by atoms with Gasteiger partial charge >= 0.3 is 5.97 Å². The number of benzene rings is 2. The number of aromatic hydroxyl groups is 1. The topological polar surface area (TPSA) is 93.1 Å². The number of hydrogen-bond acceptors (Lipinski definition) is 5. The Bertz CT molecular complexity index is 916. The van der Waals surface area contributed by atoms with Crippen LogP contribution in [0, 0.1) is 12.8 Å². The van der Waals surface area contributed by atoms with Crippen LogP contribution in [0.1, 0.15) is 71.4 Å². The number of aryl methyl sites for hydroxylation is 1. The molecule has 2 N–H and O–H groups in total. The van der Waals surface area contributed by atoms with Crippen LogP contribution in [0.15, 0.2) is 30.3 Å². The molecule has 0 saturated carbocycles. The van der Waals surface area contributed by atoms with E-state index in [4.69, 9.17) is 14.6 Å². The number of hydrogen-bond donors (Lipinski definition) is 2. The second kappa shape index (κ2) is 11.4. The standard InChI is InChI=1S/C25H32O6/c1-16(2)14-21(26)20-10-12-22(17(3)24(20)27)31-13-7-5-6-8-18-15-19(25(28)29)9-11-23(18)30-4/h9-12,15-16,27H,5-8,13-14H2,1-4H3,(H,28,29). The Morgan fingerprint density at radius 3 is 2.39 bits per heavy atom. The summed E-state index contributed by atoms with van der Waals surface area (Å²) in [5, 5.41) is 19.5. The Balaban J connectivity index is 1.84. The SMILES string of the molecule is COc1ccc(C(=O)O)cc1CCCCCOc1ccc(C(=O)CC(C)C)c(O)c1C. The Morgan fingerprint density at radius 2 is 1.74 bits per heavy atom. The van der Waals surface area contributed by atoms with Crippen molar-refractivity contribution in [3.63, 3.8) is 0 Å². The third kappa shape index (κ3) is 6.74. The van der Waals surface area contributed by atoms with Gasteiger partial charge in [0.15, 0.2) is 5.78 Å². The Kier molecular flexibility index (Phi) is 8.91. The lowest BCUT2D eigenvalue weighted by molar-refractivity contribution is 0.0696. The summed E-state index contributed by atoms with van der Waals surface area (Å²) in [6, 6.07) is 8.26. The van der Waals surface area contributed by atoms with Gasteiger partial charge in [-0.2, -0.15) is 0 Å². The lowest BCUT2D eigenvalue weighted by atomic mass is 9.98. The average Bonchev–Trinajstić information content (AvgIpc) is 2.72. The monoisotopic (exact) mass is 428 g/mol. The molecule has 0 radical (unpaired) electrons. The van der Waals surface area contributed by atoms with Crippen LogP contribution in [-0.2, 0) is 6.42 Å². The maximum Gasteiger partial charge on any atom is 0.335 e. The number of methoxy groups -OCH3 is 1. The summed E-state index contributed by atoms with van der Waals surface area (Å²) in [7, 11) is 1.58. The first-order valence-electron chi connectivity index (χ1n) is 10.6. The molecule has 0 aliphatic heterocycles. The zero-order chi connectivity index (χ0) is 23.0. The molecule has 2 rings (SSSR count). The first kappa shape index (κ1) is 24.3. The number of unbranched alkanes of at least 4 members (excludes halogenated alkanes) is 2. The molecule has 0 saturated heterocycles. The number of carboxylic acid groups (broad SMARTS) is 1. The highest BCUT2D eigenvalue weighted by Crippen LogP contribution is 2.32. The van der Waals surface area contributed by atoms with Crippen molar-refractivity contribution in [1.82, 2.24) is 0 Å². The third-order valence-electron chi connectivity index (χ3n) is 5.15. The second-order valence-corrected chi connectivity index (χ2v) is 8.10. The average molecular weight is 429 g/mol. The van der Waals surface area contributed by atoms with E-state index in [-0.39, 0.29) is 23.0 Å². The molecular weight excluding hydrogens is 396 g/mol. The van der Waals surface area contributed by atoms with Gasteiger partial charge in [0.1, 0.15) is 17.2 Å². The molecule has 0 aliphatic rings. The number of phenols is 1. The molecule has 0 atom stereocenters. The number of rotatable bonds is 12. The molecule has 0 heterocycles. The minimum atomic E-state index is -0.951. The number of aromatic carboxylic acids is 1. The van der Waals surface area contributed by atoms with Gasteiger partial charge in [-0.25, -0.2) is 4.79 Å². The van der Waals surface area contributed by atoms with Crippen LogP contribution in [0.2, 0.25) is 0 Å². The molecule has 0 aromatic heterocycles. The quantitative estimate of drug-likeness (QED) is 0.346. The van der Waals surface area contributed by atoms with E-state index in [9.17, 15) is 14.7 Å². The Morgan fingerprint density at radius 1 is 1.03 bits per heavy atom. The van der Waals surface area contributed by atoms with Crippen LogP contribution in [0.5, 0.6) is 17.2 Å². The van der Waals surface area contributed by atoms with Gasteiger partial charge in [-0.3, -0.25) is 4.79 Å². The van der Waals surface area contributed by atoms with Crippen LogP contribution in [0.25, 0.3) is 0 Å². The van der Waals surface area contributed by atoms with Gasteiger partial charge in [-0.05, 0) is 74.4 Å². The first-order valence-corrected chi connectivity index (χ1v) is 10.6. The number of Topliss-reactive ketones (excluding diaryl/α,β-unsaturated/α-hetero) is 1. The maximum absolute atomic E-state index is 12.3. The summed E-state index contributed by atoms with van der Waals surface area (Å²) < 4.78 is 11.1. The molecule has 31 heavy (non-hydrogen) atoms. The zero-order valence-corrected chi connectivity index (χ0v) is 18.7. The van der Waals surface area contributed by atoms with Gasteiger partial charge in [0.2, 0.25) is 0 Å². The van der Waals surface area contributed by atoms with Gasteiger partial charge in [-0.15, -0.1) is 0 Å². The molecule has 168 valence electrons. The fourth-order valence-corrected chi connectivity index (χ4v) is 3.43. The largest absolute Gasteiger partial charge is 0.507 e. The first-order chi connectivity index (χ1) is 14.7. The van der Waals surface area contributed by atoms with E-state index in [0.29, 0.717) is 35.7 Å². The summed E-state index contributed by atoms with van der Waals surface area (Å²) >= 11 is 0. The van der Waals surface area contributed by atoms with Gasteiger partial charge < -0.3 is 19.7 Å². The number of carbonyl (C=O) groups excluding carboxylic acids is 1. The molecule has 0 unspecified atom stereocenters. The van der Waals surface area contributed by atoms with Gasteiger partial charge in [0, 0.05) is 12.0 Å². The van der Waals surface area contributed by atoms with Crippen molar-refractivity contribution < 1.29 is 29.3 Å². The molecule has 6 heteroatoms. The van der Waals surface area contributed by atoms with Crippen LogP contribution in [0.3, 0.4) is 0 Å². The zero-order valence-electron chi connectivity index (χ0n) is 18.7. The van der Waals surface area contributed by atoms with E-state index >= 15 is 0 Å². The van der Waals surface area contributed by atoms with E-state index < -0.39 is 5.97 Å². The summed E-state index contributed by atoms with van der Waals surface area (Å²) in [6.07, 6.45) is 3.70. The van der Waals surface area contributed by atoms with Crippen LogP contribution in [0.4, 0.5) is 0 Å². The van der Waals surface area contributed by atoms with Crippen molar-refractivity contribution in [3.8, 4) is 17.2 Å². The predicted molar refractivity (Wildman–Crippen MR) is 120 cm³/mol. The van der Waals surface area contributed by atoms with Crippen molar-refractivity contribution in [3.05, 3.63) is 52.6 Å². The Hall–Kier alpha value is -3.02. The fraction of sp³-hybridized carbons (Fsp3) is 0.440. The fourth-order valence-electron chi connectivity index (χ4n) is 3.43.